The van der Waals surface area contributed by atoms with Gasteiger partial charge in [-0.15, -0.1) is 0 Å². The molecule has 0 saturated carbocycles. The molecule has 0 bridgehead atoms. The number of aryl methyl sites for hydroxylation is 1. The highest BCUT2D eigenvalue weighted by Gasteiger charge is 2.20. The maximum atomic E-state index is 13.5. The Bertz CT molecular complexity index is 1790. The number of carboxylic acids is 2. The predicted octanol–water partition coefficient (Wildman–Crippen LogP) is 12.9. The molecule has 0 aliphatic rings. The monoisotopic (exact) mass is 1050 g/mol. The minimum absolute atomic E-state index is 0.199. The number of benzene rings is 4. The average molecular weight is 1050 g/mol. The highest BCUT2D eigenvalue weighted by Crippen LogP contribution is 2.37. The molecule has 8 nitrogen and oxygen atoms in total. The van der Waals surface area contributed by atoms with Gasteiger partial charge < -0.3 is 30.3 Å². The second kappa shape index (κ2) is 22.9. The first-order chi connectivity index (χ1) is 26.4. The zero-order valence-corrected chi connectivity index (χ0v) is 38.6. The van der Waals surface area contributed by atoms with Crippen molar-refractivity contribution in [2.75, 3.05) is 10.6 Å². The molecule has 4 unspecified atom stereocenters. The Morgan fingerprint density at radius 2 is 1.02 bits per heavy atom. The van der Waals surface area contributed by atoms with E-state index in [0.717, 1.165) is 40.9 Å². The van der Waals surface area contributed by atoms with Gasteiger partial charge in [-0.25, -0.2) is 18.4 Å². The van der Waals surface area contributed by atoms with Crippen molar-refractivity contribution >= 4 is 98.6 Å². The standard InChI is InChI=1S/C21H24Br2FNO3.C20H21Br2ClFNO3/c1-4-13(3)25-16-6-12(2)5-15(7-16)11-28-20-17(22)8-14(9-18(20)23)10-19(24)21(26)27;1-3-11(2)25-15-5-13(4-14(23)9-15)10-28-19-16(21)6-12(7-17(19)22)8-18(24)20(26)27/h5-9,13,19,25H,4,10-11H2,1-3H3,(H,26,27);4-7,9,11,18,25H,3,8,10H2,1-2H3,(H,26,27). The summed E-state index contributed by atoms with van der Waals surface area (Å²) in [4.78, 5) is 21.4. The molecule has 0 radical (unpaired) electrons. The summed E-state index contributed by atoms with van der Waals surface area (Å²) in [6.07, 6.45) is -2.27. The van der Waals surface area contributed by atoms with Crippen LogP contribution in [-0.4, -0.2) is 46.6 Å². The second-order valence-electron chi connectivity index (χ2n) is 13.3. The number of carboxylic acid groups (broad SMARTS) is 2. The lowest BCUT2D eigenvalue weighted by atomic mass is 10.1. The van der Waals surface area contributed by atoms with Gasteiger partial charge in [-0.3, -0.25) is 0 Å². The van der Waals surface area contributed by atoms with Crippen LogP contribution in [0.1, 0.15) is 68.4 Å². The third-order valence-electron chi connectivity index (χ3n) is 8.39. The molecule has 4 rings (SSSR count). The molecule has 4 atom stereocenters. The number of anilines is 2. The van der Waals surface area contributed by atoms with Crippen molar-refractivity contribution in [3.63, 3.8) is 0 Å². The van der Waals surface area contributed by atoms with Gasteiger partial charge >= 0.3 is 11.9 Å². The highest BCUT2D eigenvalue weighted by atomic mass is 79.9. The molecule has 0 spiro atoms. The van der Waals surface area contributed by atoms with Crippen molar-refractivity contribution in [2.24, 2.45) is 0 Å². The first kappa shape index (κ1) is 47.5. The van der Waals surface area contributed by atoms with Crippen LogP contribution in [0, 0.1) is 6.92 Å². The SMILES string of the molecule is CCC(C)Nc1cc(C)cc(COc2c(Br)cc(CC(F)C(=O)O)cc2Br)c1.CCC(C)Nc1cc(Cl)cc(COc2c(Br)cc(CC(F)C(=O)O)cc2Br)c1. The van der Waals surface area contributed by atoms with Crippen LogP contribution in [0.3, 0.4) is 0 Å². The van der Waals surface area contributed by atoms with Crippen LogP contribution in [0.25, 0.3) is 0 Å². The van der Waals surface area contributed by atoms with E-state index in [9.17, 15) is 18.4 Å². The van der Waals surface area contributed by atoms with Gasteiger partial charge in [0.05, 0.1) is 17.9 Å². The molecule has 304 valence electrons. The van der Waals surface area contributed by atoms with Crippen molar-refractivity contribution in [3.05, 3.63) is 111 Å². The number of alkyl halides is 2. The fraction of sp³-hybridized carbons (Fsp3) is 0.366. The fourth-order valence-electron chi connectivity index (χ4n) is 5.26. The molecule has 0 amide bonds. The Balaban J connectivity index is 0.000000300. The van der Waals surface area contributed by atoms with Crippen LogP contribution < -0.4 is 20.1 Å². The first-order valence-corrected chi connectivity index (χ1v) is 21.3. The summed E-state index contributed by atoms with van der Waals surface area (Å²) in [5.41, 5.74) is 6.17. The minimum atomic E-state index is -1.95. The van der Waals surface area contributed by atoms with Crippen LogP contribution >= 0.6 is 75.3 Å². The van der Waals surface area contributed by atoms with Gasteiger partial charge in [0.1, 0.15) is 24.7 Å². The van der Waals surface area contributed by atoms with E-state index in [1.54, 1.807) is 24.3 Å². The fourth-order valence-corrected chi connectivity index (χ4v) is 8.53. The Hall–Kier alpha value is -2.91. The summed E-state index contributed by atoms with van der Waals surface area (Å²) in [6.45, 7) is 11.2. The summed E-state index contributed by atoms with van der Waals surface area (Å²) in [6, 6.07) is 19.3. The lowest BCUT2D eigenvalue weighted by molar-refractivity contribution is -0.143. The third kappa shape index (κ3) is 15.4. The van der Waals surface area contributed by atoms with E-state index in [4.69, 9.17) is 31.3 Å². The summed E-state index contributed by atoms with van der Waals surface area (Å²) in [5, 5.41) is 24.9. The number of hydrogen-bond acceptors (Lipinski definition) is 6. The smallest absolute Gasteiger partial charge is 0.338 e. The largest absolute Gasteiger partial charge is 0.487 e. The zero-order valence-electron chi connectivity index (χ0n) is 31.5. The molecule has 0 fully saturated rings. The van der Waals surface area contributed by atoms with Gasteiger partial charge in [0.25, 0.3) is 0 Å². The summed E-state index contributed by atoms with van der Waals surface area (Å²) in [7, 11) is 0. The van der Waals surface area contributed by atoms with Gasteiger partial charge in [0, 0.05) is 41.3 Å². The lowest BCUT2D eigenvalue weighted by Gasteiger charge is -2.16. The van der Waals surface area contributed by atoms with Gasteiger partial charge in [-0.2, -0.15) is 0 Å². The maximum Gasteiger partial charge on any atom is 0.338 e. The summed E-state index contributed by atoms with van der Waals surface area (Å²) in [5.74, 6) is -1.80. The Labute approximate surface area is 365 Å². The summed E-state index contributed by atoms with van der Waals surface area (Å²) >= 11 is 19.9. The van der Waals surface area contributed by atoms with Crippen molar-refractivity contribution < 1.29 is 38.1 Å². The molecular weight excluding hydrogens is 1010 g/mol. The minimum Gasteiger partial charge on any atom is -0.487 e. The number of rotatable bonds is 18. The topological polar surface area (TPSA) is 117 Å². The number of carbonyl (C=O) groups is 2. The van der Waals surface area contributed by atoms with Crippen molar-refractivity contribution in [3.8, 4) is 11.5 Å². The molecular formula is C41H45Br4ClF2N2O6. The van der Waals surface area contributed by atoms with Gasteiger partial charge in [-0.1, -0.05) is 31.5 Å². The number of aliphatic carboxylic acids is 2. The normalized spacial score (nSPS) is 13.1. The molecule has 4 N–H and O–H groups in total. The Kier molecular flexibility index (Phi) is 19.4. The molecule has 0 aromatic heterocycles. The molecule has 4 aromatic rings. The third-order valence-corrected chi connectivity index (χ3v) is 11.0. The second-order valence-corrected chi connectivity index (χ2v) is 17.2. The van der Waals surface area contributed by atoms with E-state index in [-0.39, 0.29) is 19.4 Å². The van der Waals surface area contributed by atoms with Crippen molar-refractivity contribution in [1.29, 1.82) is 0 Å². The van der Waals surface area contributed by atoms with Gasteiger partial charge in [-0.05, 0) is 180 Å². The highest BCUT2D eigenvalue weighted by molar-refractivity contribution is 9.11. The van der Waals surface area contributed by atoms with Crippen molar-refractivity contribution in [1.82, 2.24) is 0 Å². The lowest BCUT2D eigenvalue weighted by Crippen LogP contribution is -2.17. The molecule has 0 saturated heterocycles. The van der Waals surface area contributed by atoms with E-state index in [1.807, 2.05) is 25.1 Å². The Morgan fingerprint density at radius 1 is 0.643 bits per heavy atom. The molecule has 15 heteroatoms. The number of hydrogen-bond donors (Lipinski definition) is 4. The summed E-state index contributed by atoms with van der Waals surface area (Å²) < 4.78 is 41.3. The quantitative estimate of drug-likeness (QED) is 0.0779. The molecule has 0 aliphatic carbocycles. The molecule has 56 heavy (non-hydrogen) atoms. The van der Waals surface area contributed by atoms with Crippen molar-refractivity contribution in [2.45, 2.75) is 97.9 Å². The van der Waals surface area contributed by atoms with Crippen LogP contribution in [-0.2, 0) is 35.6 Å². The molecule has 0 heterocycles. The van der Waals surface area contributed by atoms with E-state index in [0.29, 0.717) is 64.2 Å². The Morgan fingerprint density at radius 3 is 1.39 bits per heavy atom. The van der Waals surface area contributed by atoms with E-state index in [1.165, 1.54) is 0 Å². The van der Waals surface area contributed by atoms with Crippen LogP contribution in [0.5, 0.6) is 11.5 Å². The van der Waals surface area contributed by atoms with Crippen LogP contribution in [0.15, 0.2) is 78.6 Å². The molecule has 4 aromatic carbocycles. The average Bonchev–Trinajstić information content (AvgIpc) is 3.10. The first-order valence-electron chi connectivity index (χ1n) is 17.8. The zero-order chi connectivity index (χ0) is 41.7. The van der Waals surface area contributed by atoms with Crippen LogP contribution in [0.2, 0.25) is 5.02 Å². The van der Waals surface area contributed by atoms with E-state index in [2.05, 4.69) is 120 Å². The van der Waals surface area contributed by atoms with Gasteiger partial charge in [0.15, 0.2) is 0 Å². The van der Waals surface area contributed by atoms with Gasteiger partial charge in [0.2, 0.25) is 12.3 Å². The number of halogens is 7. The molecule has 0 aliphatic heterocycles. The predicted molar refractivity (Wildman–Crippen MR) is 234 cm³/mol. The van der Waals surface area contributed by atoms with Crippen LogP contribution in [0.4, 0.5) is 20.2 Å². The maximum absolute atomic E-state index is 13.5. The number of ether oxygens (including phenoxy) is 2. The number of nitrogens with one attached hydrogen (secondary N) is 2. The van der Waals surface area contributed by atoms with E-state index >= 15 is 0 Å². The van der Waals surface area contributed by atoms with E-state index < -0.39 is 24.3 Å².